The smallest absolute Gasteiger partial charge is 0.373 e. The van der Waals surface area contributed by atoms with E-state index in [9.17, 15) is 0 Å². The van der Waals surface area contributed by atoms with Crippen molar-refractivity contribution in [2.75, 3.05) is 23.0 Å². The molecule has 2 heterocycles. The van der Waals surface area contributed by atoms with Crippen molar-refractivity contribution >= 4 is 38.2 Å². The Labute approximate surface area is 172 Å². The van der Waals surface area contributed by atoms with E-state index in [1.807, 2.05) is 0 Å². The third kappa shape index (κ3) is 3.20. The predicted octanol–water partition coefficient (Wildman–Crippen LogP) is 6.03. The molecular formula is C24H29BN2P. The van der Waals surface area contributed by atoms with Crippen LogP contribution in [0.15, 0.2) is 54.4 Å². The van der Waals surface area contributed by atoms with E-state index in [2.05, 4.69) is 113 Å². The van der Waals surface area contributed by atoms with Crippen molar-refractivity contribution in [3.8, 4) is 0 Å². The number of anilines is 2. The molecule has 0 amide bonds. The van der Waals surface area contributed by atoms with Crippen LogP contribution in [-0.2, 0) is 0 Å². The van der Waals surface area contributed by atoms with Crippen molar-refractivity contribution in [1.29, 1.82) is 0 Å². The molecule has 2 aliphatic rings. The maximum absolute atomic E-state index is 2.38. The van der Waals surface area contributed by atoms with Crippen molar-refractivity contribution < 1.29 is 0 Å². The highest BCUT2D eigenvalue weighted by Gasteiger charge is 2.32. The maximum Gasteiger partial charge on any atom is 0.401 e. The van der Waals surface area contributed by atoms with E-state index in [4.69, 9.17) is 0 Å². The lowest BCUT2D eigenvalue weighted by molar-refractivity contribution is 0.833. The lowest BCUT2D eigenvalue weighted by atomic mass is 9.89. The average Bonchev–Trinajstić information content (AvgIpc) is 3.10. The summed E-state index contributed by atoms with van der Waals surface area (Å²) < 4.78 is 0. The molecule has 0 bridgehead atoms. The summed E-state index contributed by atoms with van der Waals surface area (Å²) in [4.78, 5) is 4.73. The van der Waals surface area contributed by atoms with Gasteiger partial charge in [0.1, 0.15) is 0 Å². The molecular weight excluding hydrogens is 358 g/mol. The standard InChI is InChI=1S/C24H29BN2P/c1-16(2)20-10-8-11-21(17(3)4)24(20)26-15-19-14-13-18-9-7-12-22(28(5)6)23(18)27(19)25-26/h7-17H,1-6H3. The minimum atomic E-state index is -0.177. The summed E-state index contributed by atoms with van der Waals surface area (Å²) >= 11 is 0. The van der Waals surface area contributed by atoms with Crippen LogP contribution in [0.5, 0.6) is 0 Å². The molecule has 2 aromatic carbocycles. The van der Waals surface area contributed by atoms with Gasteiger partial charge in [0.15, 0.2) is 0 Å². The quantitative estimate of drug-likeness (QED) is 0.467. The molecule has 2 aliphatic heterocycles. The van der Waals surface area contributed by atoms with Crippen LogP contribution in [0.3, 0.4) is 0 Å². The minimum absolute atomic E-state index is 0.177. The fraction of sp³-hybridized carbons (Fsp3) is 0.333. The zero-order valence-corrected chi connectivity index (χ0v) is 18.7. The highest BCUT2D eigenvalue weighted by atomic mass is 31.1. The maximum atomic E-state index is 2.38. The van der Waals surface area contributed by atoms with Gasteiger partial charge >= 0.3 is 7.55 Å². The number of benzene rings is 2. The minimum Gasteiger partial charge on any atom is -0.373 e. The fourth-order valence-corrected chi connectivity index (χ4v) is 5.20. The average molecular weight is 387 g/mol. The normalized spacial score (nSPS) is 15.2. The Balaban J connectivity index is 1.82. The first-order valence-electron chi connectivity index (χ1n) is 10.1. The molecule has 4 rings (SSSR count). The topological polar surface area (TPSA) is 6.48 Å². The molecule has 1 radical (unpaired) electrons. The molecule has 0 saturated carbocycles. The summed E-state index contributed by atoms with van der Waals surface area (Å²) in [7, 11) is 2.11. The number of para-hydroxylation sites is 2. The Morgan fingerprint density at radius 1 is 0.821 bits per heavy atom. The van der Waals surface area contributed by atoms with Gasteiger partial charge in [-0.05, 0) is 53.2 Å². The van der Waals surface area contributed by atoms with Crippen LogP contribution in [0.1, 0.15) is 56.2 Å². The molecule has 0 saturated heterocycles. The Bertz CT molecular complexity index is 933. The third-order valence-electron chi connectivity index (χ3n) is 5.59. The van der Waals surface area contributed by atoms with E-state index in [1.165, 1.54) is 39.1 Å². The van der Waals surface area contributed by atoms with Crippen LogP contribution < -0.4 is 14.9 Å². The lowest BCUT2D eigenvalue weighted by Gasteiger charge is -2.31. The van der Waals surface area contributed by atoms with Gasteiger partial charge in [0.2, 0.25) is 0 Å². The second-order valence-corrected chi connectivity index (χ2v) is 10.8. The van der Waals surface area contributed by atoms with E-state index in [0.717, 1.165) is 0 Å². The van der Waals surface area contributed by atoms with Gasteiger partial charge in [-0.25, -0.2) is 0 Å². The molecule has 28 heavy (non-hydrogen) atoms. The first-order valence-corrected chi connectivity index (χ1v) is 12.4. The molecule has 0 N–H and O–H groups in total. The number of rotatable bonds is 4. The van der Waals surface area contributed by atoms with Gasteiger partial charge in [0, 0.05) is 23.3 Å². The van der Waals surface area contributed by atoms with Gasteiger partial charge in [-0.1, -0.05) is 78.1 Å². The molecule has 0 unspecified atom stereocenters. The van der Waals surface area contributed by atoms with Crippen LogP contribution in [0.25, 0.3) is 6.08 Å². The third-order valence-corrected chi connectivity index (χ3v) is 6.92. The number of allylic oxidation sites excluding steroid dienone is 1. The molecule has 0 aliphatic carbocycles. The summed E-state index contributed by atoms with van der Waals surface area (Å²) in [5.41, 5.74) is 8.06. The van der Waals surface area contributed by atoms with E-state index in [0.29, 0.717) is 11.8 Å². The van der Waals surface area contributed by atoms with E-state index in [1.54, 1.807) is 0 Å². The molecule has 4 heteroatoms. The highest BCUT2D eigenvalue weighted by molar-refractivity contribution is 7.64. The Morgan fingerprint density at radius 3 is 2.07 bits per heavy atom. The zero-order valence-electron chi connectivity index (χ0n) is 17.8. The second-order valence-electron chi connectivity index (χ2n) is 8.48. The zero-order chi connectivity index (χ0) is 20.0. The number of hydrogen-bond donors (Lipinski definition) is 0. The first-order chi connectivity index (χ1) is 13.4. The molecule has 0 atom stereocenters. The van der Waals surface area contributed by atoms with Crippen LogP contribution >= 0.6 is 7.92 Å². The second kappa shape index (κ2) is 7.45. The molecule has 0 fully saturated rings. The van der Waals surface area contributed by atoms with Gasteiger partial charge in [0.25, 0.3) is 0 Å². The van der Waals surface area contributed by atoms with E-state index < -0.39 is 0 Å². The fourth-order valence-electron chi connectivity index (χ4n) is 4.15. The van der Waals surface area contributed by atoms with Crippen LogP contribution in [0.2, 0.25) is 0 Å². The SMILES string of the molecule is CC(C)c1cccc(C(C)C)c1N1[B]N2C(=C1)C=Cc1cccc(P(C)C)c12. The van der Waals surface area contributed by atoms with Crippen molar-refractivity contribution in [2.24, 2.45) is 0 Å². The van der Waals surface area contributed by atoms with Crippen molar-refractivity contribution in [2.45, 2.75) is 39.5 Å². The number of nitrogens with zero attached hydrogens (tertiary/aromatic N) is 2. The summed E-state index contributed by atoms with van der Waals surface area (Å²) in [6.45, 7) is 13.8. The predicted molar refractivity (Wildman–Crippen MR) is 127 cm³/mol. The van der Waals surface area contributed by atoms with Gasteiger partial charge in [0.05, 0.1) is 0 Å². The van der Waals surface area contributed by atoms with Gasteiger partial charge in [-0.3, -0.25) is 0 Å². The first kappa shape index (κ1) is 19.3. The molecule has 0 spiro atoms. The lowest BCUT2D eigenvalue weighted by Crippen LogP contribution is -2.35. The van der Waals surface area contributed by atoms with Gasteiger partial charge in [-0.2, -0.15) is 0 Å². The molecule has 2 nitrogen and oxygen atoms in total. The van der Waals surface area contributed by atoms with Crippen molar-refractivity contribution in [1.82, 2.24) is 0 Å². The van der Waals surface area contributed by atoms with Crippen LogP contribution in [-0.4, -0.2) is 20.9 Å². The van der Waals surface area contributed by atoms with Gasteiger partial charge in [-0.15, -0.1) is 0 Å². The summed E-state index contributed by atoms with van der Waals surface area (Å²) in [5, 5.41) is 1.46. The molecule has 143 valence electrons. The summed E-state index contributed by atoms with van der Waals surface area (Å²) in [6.07, 6.45) is 6.79. The Morgan fingerprint density at radius 2 is 1.46 bits per heavy atom. The summed E-state index contributed by atoms with van der Waals surface area (Å²) in [6, 6.07) is 13.5. The highest BCUT2D eigenvalue weighted by Crippen LogP contribution is 2.42. The van der Waals surface area contributed by atoms with Crippen molar-refractivity contribution in [3.05, 3.63) is 71.1 Å². The largest absolute Gasteiger partial charge is 0.401 e. The Kier molecular flexibility index (Phi) is 5.14. The van der Waals surface area contributed by atoms with Crippen LogP contribution in [0, 0.1) is 0 Å². The monoisotopic (exact) mass is 387 g/mol. The summed E-state index contributed by atoms with van der Waals surface area (Å²) in [5.74, 6) is 0.964. The number of hydrogen-bond acceptors (Lipinski definition) is 2. The Hall–Kier alpha value is -1.99. The molecule has 0 aromatic heterocycles. The molecule has 2 aromatic rings. The van der Waals surface area contributed by atoms with Crippen LogP contribution in [0.4, 0.5) is 11.4 Å². The van der Waals surface area contributed by atoms with E-state index in [-0.39, 0.29) is 7.92 Å². The number of fused-ring (bicyclic) bond motifs is 3. The van der Waals surface area contributed by atoms with Crippen molar-refractivity contribution in [3.63, 3.8) is 0 Å². The van der Waals surface area contributed by atoms with E-state index >= 15 is 0 Å². The van der Waals surface area contributed by atoms with Gasteiger partial charge < -0.3 is 9.62 Å².